The molecule has 0 aromatic heterocycles. The van der Waals surface area contributed by atoms with Crippen LogP contribution in [0.1, 0.15) is 24.8 Å². The van der Waals surface area contributed by atoms with Gasteiger partial charge in [0.2, 0.25) is 0 Å². The number of nitrogens with two attached hydrogens (primary N) is 1. The van der Waals surface area contributed by atoms with Crippen molar-refractivity contribution in [3.05, 3.63) is 23.8 Å². The lowest BCUT2D eigenvalue weighted by atomic mass is 9.99. The molecule has 1 unspecified atom stereocenters. The van der Waals surface area contributed by atoms with Crippen LogP contribution in [-0.4, -0.2) is 49.1 Å². The van der Waals surface area contributed by atoms with Crippen molar-refractivity contribution in [2.24, 2.45) is 0 Å². The van der Waals surface area contributed by atoms with E-state index >= 15 is 0 Å². The van der Waals surface area contributed by atoms with Crippen LogP contribution in [0.4, 0.5) is 5.69 Å². The molecule has 0 aliphatic carbocycles. The summed E-state index contributed by atoms with van der Waals surface area (Å²) < 4.78 is 5.21. The molecule has 0 amide bonds. The van der Waals surface area contributed by atoms with Crippen LogP contribution in [0.25, 0.3) is 0 Å². The Morgan fingerprint density at radius 2 is 2.15 bits per heavy atom. The molecule has 3 rings (SSSR count). The molecule has 110 valence electrons. The zero-order valence-electron chi connectivity index (χ0n) is 12.3. The van der Waals surface area contributed by atoms with E-state index in [0.29, 0.717) is 0 Å². The van der Waals surface area contributed by atoms with Gasteiger partial charge in [-0.3, -0.25) is 9.80 Å². The minimum atomic E-state index is 0.761. The van der Waals surface area contributed by atoms with E-state index < -0.39 is 0 Å². The van der Waals surface area contributed by atoms with Gasteiger partial charge in [0.1, 0.15) is 5.75 Å². The van der Waals surface area contributed by atoms with Crippen molar-refractivity contribution in [2.45, 2.75) is 31.8 Å². The van der Waals surface area contributed by atoms with E-state index in [2.05, 4.69) is 15.9 Å². The fourth-order valence-electron chi connectivity index (χ4n) is 3.45. The molecule has 20 heavy (non-hydrogen) atoms. The standard InChI is InChI=1S/C16H25N3O/c1-20-15-6-5-13(16(17)10-15)11-18-8-9-19-7-3-2-4-14(19)12-18/h5-6,10,14H,2-4,7-9,11-12,17H2,1H3. The molecular formula is C16H25N3O. The summed E-state index contributed by atoms with van der Waals surface area (Å²) in [5.74, 6) is 0.836. The lowest BCUT2D eigenvalue weighted by Crippen LogP contribution is -2.54. The Morgan fingerprint density at radius 3 is 2.95 bits per heavy atom. The van der Waals surface area contributed by atoms with Crippen molar-refractivity contribution in [1.29, 1.82) is 0 Å². The number of nitrogens with zero attached hydrogens (tertiary/aromatic N) is 2. The van der Waals surface area contributed by atoms with Crippen molar-refractivity contribution in [1.82, 2.24) is 9.80 Å². The Bertz CT molecular complexity index is 463. The molecule has 2 N–H and O–H groups in total. The maximum absolute atomic E-state index is 6.13. The Balaban J connectivity index is 1.63. The second-order valence-corrected chi connectivity index (χ2v) is 5.99. The molecule has 1 aromatic rings. The number of fused-ring (bicyclic) bond motifs is 1. The summed E-state index contributed by atoms with van der Waals surface area (Å²) in [6.07, 6.45) is 4.12. The highest BCUT2D eigenvalue weighted by Gasteiger charge is 2.28. The molecule has 0 saturated carbocycles. The van der Waals surface area contributed by atoms with Crippen LogP contribution in [0, 0.1) is 0 Å². The van der Waals surface area contributed by atoms with E-state index in [-0.39, 0.29) is 0 Å². The third-order valence-electron chi connectivity index (χ3n) is 4.67. The second-order valence-electron chi connectivity index (χ2n) is 5.99. The fraction of sp³-hybridized carbons (Fsp3) is 0.625. The number of benzene rings is 1. The normalized spacial score (nSPS) is 24.4. The smallest absolute Gasteiger partial charge is 0.120 e. The summed E-state index contributed by atoms with van der Waals surface area (Å²) in [5.41, 5.74) is 8.19. The van der Waals surface area contributed by atoms with Crippen molar-refractivity contribution in [2.75, 3.05) is 39.0 Å². The molecule has 0 bridgehead atoms. The first-order valence-corrected chi connectivity index (χ1v) is 7.65. The molecule has 2 heterocycles. The summed E-state index contributed by atoms with van der Waals surface area (Å²) in [5, 5.41) is 0. The Hall–Kier alpha value is -1.26. The van der Waals surface area contributed by atoms with Crippen molar-refractivity contribution >= 4 is 5.69 Å². The third kappa shape index (κ3) is 2.91. The third-order valence-corrected chi connectivity index (χ3v) is 4.67. The molecular weight excluding hydrogens is 250 g/mol. The van der Waals surface area contributed by atoms with Gasteiger partial charge in [-0.2, -0.15) is 0 Å². The van der Waals surface area contributed by atoms with Crippen LogP contribution in [0.2, 0.25) is 0 Å². The average molecular weight is 275 g/mol. The minimum absolute atomic E-state index is 0.761. The van der Waals surface area contributed by atoms with Crippen LogP contribution in [0.5, 0.6) is 5.75 Å². The fourth-order valence-corrected chi connectivity index (χ4v) is 3.45. The zero-order chi connectivity index (χ0) is 13.9. The van der Waals surface area contributed by atoms with Crippen LogP contribution in [0.15, 0.2) is 18.2 Å². The van der Waals surface area contributed by atoms with Crippen molar-refractivity contribution in [3.8, 4) is 5.75 Å². The molecule has 2 aliphatic rings. The Kier molecular flexibility index (Phi) is 4.13. The summed E-state index contributed by atoms with van der Waals surface area (Å²) in [6.45, 7) is 5.80. The molecule has 1 atom stereocenters. The average Bonchev–Trinajstić information content (AvgIpc) is 2.49. The predicted molar refractivity (Wildman–Crippen MR) is 81.9 cm³/mol. The maximum Gasteiger partial charge on any atom is 0.120 e. The largest absolute Gasteiger partial charge is 0.497 e. The highest BCUT2D eigenvalue weighted by atomic mass is 16.5. The van der Waals surface area contributed by atoms with E-state index in [1.807, 2.05) is 12.1 Å². The van der Waals surface area contributed by atoms with Crippen molar-refractivity contribution in [3.63, 3.8) is 0 Å². The highest BCUT2D eigenvalue weighted by molar-refractivity contribution is 5.51. The molecule has 0 spiro atoms. The quantitative estimate of drug-likeness (QED) is 0.856. The van der Waals surface area contributed by atoms with Crippen molar-refractivity contribution < 1.29 is 4.74 Å². The first kappa shape index (κ1) is 13.7. The number of rotatable bonds is 3. The Labute approximate surface area is 121 Å². The van der Waals surface area contributed by atoms with E-state index in [0.717, 1.165) is 30.6 Å². The number of ether oxygens (including phenoxy) is 1. The van der Waals surface area contributed by atoms with Crippen LogP contribution in [0.3, 0.4) is 0 Å². The summed E-state index contributed by atoms with van der Waals surface area (Å²) in [6, 6.07) is 6.79. The van der Waals surface area contributed by atoms with Gasteiger partial charge in [-0.05, 0) is 31.0 Å². The predicted octanol–water partition coefficient (Wildman–Crippen LogP) is 1.95. The van der Waals surface area contributed by atoms with Gasteiger partial charge >= 0.3 is 0 Å². The van der Waals surface area contributed by atoms with Gasteiger partial charge in [-0.25, -0.2) is 0 Å². The van der Waals surface area contributed by atoms with Crippen LogP contribution in [-0.2, 0) is 6.54 Å². The van der Waals surface area contributed by atoms with Gasteiger partial charge < -0.3 is 10.5 Å². The van der Waals surface area contributed by atoms with Crippen LogP contribution >= 0.6 is 0 Å². The molecule has 0 radical (unpaired) electrons. The Morgan fingerprint density at radius 1 is 1.25 bits per heavy atom. The number of nitrogen functional groups attached to an aromatic ring is 1. The SMILES string of the molecule is COc1ccc(CN2CCN3CCCCC3C2)c(N)c1. The van der Waals surface area contributed by atoms with E-state index in [1.165, 1.54) is 44.5 Å². The monoisotopic (exact) mass is 275 g/mol. The summed E-state index contributed by atoms with van der Waals surface area (Å²) >= 11 is 0. The van der Waals surface area contributed by atoms with Gasteiger partial charge in [0, 0.05) is 44.0 Å². The number of anilines is 1. The number of methoxy groups -OCH3 is 1. The van der Waals surface area contributed by atoms with Gasteiger partial charge in [0.15, 0.2) is 0 Å². The maximum atomic E-state index is 6.13. The number of hydrogen-bond donors (Lipinski definition) is 1. The topological polar surface area (TPSA) is 41.7 Å². The van der Waals surface area contributed by atoms with E-state index in [1.54, 1.807) is 7.11 Å². The van der Waals surface area contributed by atoms with Gasteiger partial charge in [0.05, 0.1) is 7.11 Å². The number of piperazine rings is 1. The number of piperidine rings is 1. The molecule has 1 aromatic carbocycles. The lowest BCUT2D eigenvalue weighted by molar-refractivity contribution is 0.0458. The first-order chi connectivity index (χ1) is 9.76. The molecule has 2 saturated heterocycles. The molecule has 4 nitrogen and oxygen atoms in total. The highest BCUT2D eigenvalue weighted by Crippen LogP contribution is 2.25. The molecule has 2 fully saturated rings. The zero-order valence-corrected chi connectivity index (χ0v) is 12.3. The summed E-state index contributed by atoms with van der Waals surface area (Å²) in [4.78, 5) is 5.21. The van der Waals surface area contributed by atoms with E-state index in [9.17, 15) is 0 Å². The number of hydrogen-bond acceptors (Lipinski definition) is 4. The molecule has 2 aliphatic heterocycles. The first-order valence-electron chi connectivity index (χ1n) is 7.65. The lowest BCUT2D eigenvalue weighted by Gasteiger charge is -2.44. The van der Waals surface area contributed by atoms with Gasteiger partial charge in [-0.15, -0.1) is 0 Å². The minimum Gasteiger partial charge on any atom is -0.497 e. The van der Waals surface area contributed by atoms with Gasteiger partial charge in [-0.1, -0.05) is 12.5 Å². The van der Waals surface area contributed by atoms with Crippen LogP contribution < -0.4 is 10.5 Å². The van der Waals surface area contributed by atoms with E-state index in [4.69, 9.17) is 10.5 Å². The molecule has 4 heteroatoms. The second kappa shape index (κ2) is 6.02. The van der Waals surface area contributed by atoms with Gasteiger partial charge in [0.25, 0.3) is 0 Å². The summed E-state index contributed by atoms with van der Waals surface area (Å²) in [7, 11) is 1.68.